The number of rotatable bonds is 5. The van der Waals surface area contributed by atoms with Gasteiger partial charge in [0.25, 0.3) is 11.8 Å². The fraction of sp³-hybridized carbons (Fsp3) is 0.292. The van der Waals surface area contributed by atoms with Crippen LogP contribution in [0.3, 0.4) is 0 Å². The van der Waals surface area contributed by atoms with Gasteiger partial charge in [-0.1, -0.05) is 29.8 Å². The summed E-state index contributed by atoms with van der Waals surface area (Å²) in [5, 5.41) is 9.92. The van der Waals surface area contributed by atoms with Crippen LogP contribution in [-0.2, 0) is 0 Å². The van der Waals surface area contributed by atoms with Crippen LogP contribution in [0.1, 0.15) is 54.6 Å². The molecular formula is C24H26ClN3O3S2. The molecule has 33 heavy (non-hydrogen) atoms. The maximum Gasteiger partial charge on any atom is 0.263 e. The molecule has 0 saturated carbocycles. The highest BCUT2D eigenvalue weighted by atomic mass is 35.5. The molecule has 2 aromatic carbocycles. The van der Waals surface area contributed by atoms with Crippen LogP contribution in [0, 0.1) is 0 Å². The number of fused-ring (bicyclic) bond motifs is 1. The highest BCUT2D eigenvalue weighted by Gasteiger charge is 2.22. The lowest BCUT2D eigenvalue weighted by Gasteiger charge is -2.19. The van der Waals surface area contributed by atoms with Crippen molar-refractivity contribution >= 4 is 67.9 Å². The van der Waals surface area contributed by atoms with Gasteiger partial charge in [-0.25, -0.2) is 0 Å². The number of hydrogen-bond acceptors (Lipinski definition) is 5. The van der Waals surface area contributed by atoms with E-state index in [9.17, 15) is 9.59 Å². The summed E-state index contributed by atoms with van der Waals surface area (Å²) in [5.41, 5.74) is 0.688. The maximum atomic E-state index is 12.7. The Morgan fingerprint density at radius 1 is 1.09 bits per heavy atom. The van der Waals surface area contributed by atoms with Gasteiger partial charge in [-0.3, -0.25) is 14.9 Å². The lowest BCUT2D eigenvalue weighted by Crippen LogP contribution is -2.40. The molecule has 0 unspecified atom stereocenters. The molecule has 9 heteroatoms. The van der Waals surface area contributed by atoms with Gasteiger partial charge in [0.1, 0.15) is 10.6 Å². The monoisotopic (exact) mass is 503 g/mol. The van der Waals surface area contributed by atoms with Crippen molar-refractivity contribution in [1.82, 2.24) is 10.6 Å². The molecule has 0 spiro atoms. The van der Waals surface area contributed by atoms with Gasteiger partial charge in [0, 0.05) is 16.5 Å². The average molecular weight is 504 g/mol. The van der Waals surface area contributed by atoms with Crippen molar-refractivity contribution in [2.75, 3.05) is 5.32 Å². The zero-order valence-electron chi connectivity index (χ0n) is 19.0. The number of ether oxygens (including phenoxy) is 1. The Labute approximate surface area is 207 Å². The number of halogens is 1. The number of carbonyl (C=O) groups is 2. The quantitative estimate of drug-likeness (QED) is 0.372. The first-order valence-electron chi connectivity index (χ1n) is 10.4. The SMILES string of the molecule is CC(C)Oc1cccc(C(=O)NC(=S)Nc2cccc3c(Cl)c(C(=O)NC(C)(C)C)sc23)c1. The van der Waals surface area contributed by atoms with Gasteiger partial charge in [-0.2, -0.15) is 0 Å². The summed E-state index contributed by atoms with van der Waals surface area (Å²) >= 11 is 13.1. The van der Waals surface area contributed by atoms with Crippen molar-refractivity contribution in [3.05, 3.63) is 57.9 Å². The molecule has 6 nitrogen and oxygen atoms in total. The number of nitrogens with one attached hydrogen (secondary N) is 3. The normalized spacial score (nSPS) is 11.4. The Morgan fingerprint density at radius 3 is 2.45 bits per heavy atom. The predicted octanol–water partition coefficient (Wildman–Crippen LogP) is 6.00. The fourth-order valence-corrected chi connectivity index (χ4v) is 4.72. The van der Waals surface area contributed by atoms with E-state index < -0.39 is 0 Å². The maximum absolute atomic E-state index is 12.7. The Kier molecular flexibility index (Phi) is 7.62. The van der Waals surface area contributed by atoms with E-state index >= 15 is 0 Å². The van der Waals surface area contributed by atoms with Gasteiger partial charge >= 0.3 is 0 Å². The van der Waals surface area contributed by atoms with Gasteiger partial charge in [0.2, 0.25) is 0 Å². The molecule has 0 aliphatic rings. The molecule has 1 aromatic heterocycles. The third kappa shape index (κ3) is 6.43. The molecule has 0 saturated heterocycles. The molecule has 0 aliphatic carbocycles. The molecular weight excluding hydrogens is 478 g/mol. The predicted molar refractivity (Wildman–Crippen MR) is 140 cm³/mol. The zero-order chi connectivity index (χ0) is 24.3. The minimum absolute atomic E-state index is 0.000431. The molecule has 0 aliphatic heterocycles. The minimum Gasteiger partial charge on any atom is -0.491 e. The Balaban J connectivity index is 1.78. The molecule has 1 heterocycles. The first kappa shape index (κ1) is 25.0. The number of thiophene rings is 1. The largest absolute Gasteiger partial charge is 0.491 e. The van der Waals surface area contributed by atoms with Crippen molar-refractivity contribution in [2.24, 2.45) is 0 Å². The summed E-state index contributed by atoms with van der Waals surface area (Å²) in [6.07, 6.45) is -0.000431. The summed E-state index contributed by atoms with van der Waals surface area (Å²) in [6, 6.07) is 12.4. The highest BCUT2D eigenvalue weighted by molar-refractivity contribution is 7.80. The fourth-order valence-electron chi connectivity index (χ4n) is 3.04. The summed E-state index contributed by atoms with van der Waals surface area (Å²) in [4.78, 5) is 25.8. The van der Waals surface area contributed by atoms with E-state index in [4.69, 9.17) is 28.6 Å². The lowest BCUT2D eigenvalue weighted by atomic mass is 10.1. The molecule has 2 amide bonds. The molecule has 0 radical (unpaired) electrons. The summed E-state index contributed by atoms with van der Waals surface area (Å²) in [6.45, 7) is 9.56. The van der Waals surface area contributed by atoms with Gasteiger partial charge < -0.3 is 15.4 Å². The zero-order valence-corrected chi connectivity index (χ0v) is 21.4. The van der Waals surface area contributed by atoms with Crippen LogP contribution in [0.25, 0.3) is 10.1 Å². The van der Waals surface area contributed by atoms with Crippen molar-refractivity contribution in [2.45, 2.75) is 46.3 Å². The van der Waals surface area contributed by atoms with E-state index in [2.05, 4.69) is 16.0 Å². The molecule has 174 valence electrons. The van der Waals surface area contributed by atoms with Crippen LogP contribution in [0.15, 0.2) is 42.5 Å². The van der Waals surface area contributed by atoms with Crippen LogP contribution in [0.4, 0.5) is 5.69 Å². The topological polar surface area (TPSA) is 79.5 Å². The van der Waals surface area contributed by atoms with E-state index in [1.165, 1.54) is 11.3 Å². The second kappa shape index (κ2) is 10.1. The van der Waals surface area contributed by atoms with Gasteiger partial charge in [-0.05, 0) is 71.1 Å². The third-order valence-electron chi connectivity index (χ3n) is 4.29. The van der Waals surface area contributed by atoms with Crippen LogP contribution in [0.2, 0.25) is 5.02 Å². The molecule has 0 bridgehead atoms. The number of anilines is 1. The van der Waals surface area contributed by atoms with Crippen molar-refractivity contribution in [1.29, 1.82) is 0 Å². The summed E-state index contributed by atoms with van der Waals surface area (Å²) in [5.74, 6) is 0.0120. The van der Waals surface area contributed by atoms with Crippen LogP contribution in [0.5, 0.6) is 5.75 Å². The smallest absolute Gasteiger partial charge is 0.263 e. The molecule has 3 N–H and O–H groups in total. The Hall–Kier alpha value is -2.68. The lowest BCUT2D eigenvalue weighted by molar-refractivity contribution is 0.0922. The van der Waals surface area contributed by atoms with Crippen molar-refractivity contribution in [3.8, 4) is 5.75 Å². The molecule has 0 atom stereocenters. The van der Waals surface area contributed by atoms with Crippen molar-refractivity contribution in [3.63, 3.8) is 0 Å². The second-order valence-electron chi connectivity index (χ2n) is 8.73. The standard InChI is InChI=1S/C24H26ClN3O3S2/c1-13(2)31-15-9-6-8-14(12-15)21(29)27-23(32)26-17-11-7-10-16-18(25)20(33-19(16)17)22(30)28-24(3,4)5/h6-13H,1-5H3,(H,28,30)(H2,26,27,29,32). The first-order chi connectivity index (χ1) is 15.4. The number of hydrogen-bond donors (Lipinski definition) is 3. The number of thiocarbonyl (C=S) groups is 1. The molecule has 0 fully saturated rings. The van der Waals surface area contributed by atoms with E-state index in [1.807, 2.05) is 52.8 Å². The minimum atomic E-state index is -0.388. The van der Waals surface area contributed by atoms with Crippen LogP contribution >= 0.6 is 35.2 Å². The van der Waals surface area contributed by atoms with E-state index in [0.29, 0.717) is 26.9 Å². The van der Waals surface area contributed by atoms with E-state index in [-0.39, 0.29) is 28.6 Å². The Bertz CT molecular complexity index is 1220. The highest BCUT2D eigenvalue weighted by Crippen LogP contribution is 2.39. The van der Waals surface area contributed by atoms with Crippen LogP contribution < -0.4 is 20.7 Å². The third-order valence-corrected chi connectivity index (χ3v) is 6.24. The number of benzene rings is 2. The number of amides is 2. The molecule has 3 aromatic rings. The molecule has 3 rings (SSSR count). The van der Waals surface area contributed by atoms with Gasteiger partial charge in [0.05, 0.1) is 21.5 Å². The van der Waals surface area contributed by atoms with Gasteiger partial charge in [-0.15, -0.1) is 11.3 Å². The van der Waals surface area contributed by atoms with E-state index in [0.717, 1.165) is 10.1 Å². The van der Waals surface area contributed by atoms with Crippen LogP contribution in [-0.4, -0.2) is 28.6 Å². The average Bonchev–Trinajstić information content (AvgIpc) is 3.04. The van der Waals surface area contributed by atoms with Crippen molar-refractivity contribution < 1.29 is 14.3 Å². The van der Waals surface area contributed by atoms with E-state index in [1.54, 1.807) is 24.3 Å². The first-order valence-corrected chi connectivity index (χ1v) is 12.0. The second-order valence-corrected chi connectivity index (χ2v) is 10.5. The Morgan fingerprint density at radius 2 is 1.79 bits per heavy atom. The summed E-state index contributed by atoms with van der Waals surface area (Å²) < 4.78 is 6.41. The van der Waals surface area contributed by atoms with Gasteiger partial charge in [0.15, 0.2) is 5.11 Å². The number of carbonyl (C=O) groups excluding carboxylic acids is 2. The summed E-state index contributed by atoms with van der Waals surface area (Å²) in [7, 11) is 0.